The minimum absolute atomic E-state index is 0.0825. The number of hydrogen-bond donors (Lipinski definition) is 1. The first-order chi connectivity index (χ1) is 11.4. The van der Waals surface area contributed by atoms with Crippen LogP contribution in [0.2, 0.25) is 0 Å². The molecule has 2 aliphatic heterocycles. The summed E-state index contributed by atoms with van der Waals surface area (Å²) in [4.78, 5) is 25.6. The average Bonchev–Trinajstić information content (AvgIpc) is 2.94. The van der Waals surface area contributed by atoms with E-state index >= 15 is 0 Å². The molecule has 0 aromatic heterocycles. The fraction of sp³-hybridized carbons (Fsp3) is 0.438. The van der Waals surface area contributed by atoms with Crippen molar-refractivity contribution in [1.29, 1.82) is 0 Å². The molecule has 24 heavy (non-hydrogen) atoms. The normalized spacial score (nSPS) is 24.3. The molecule has 8 heteroatoms. The second kappa shape index (κ2) is 6.27. The van der Waals surface area contributed by atoms with Crippen LogP contribution in [0, 0.1) is 11.6 Å². The minimum atomic E-state index is -0.998. The molecule has 0 aliphatic carbocycles. The fourth-order valence-corrected chi connectivity index (χ4v) is 3.06. The van der Waals surface area contributed by atoms with Crippen LogP contribution < -0.4 is 0 Å². The highest BCUT2D eigenvalue weighted by molar-refractivity contribution is 6.39. The third-order valence-corrected chi connectivity index (χ3v) is 4.32. The lowest BCUT2D eigenvalue weighted by atomic mass is 10.0. The molecule has 1 aromatic rings. The summed E-state index contributed by atoms with van der Waals surface area (Å²) in [6.07, 6.45) is -0.110. The van der Waals surface area contributed by atoms with E-state index in [1.54, 1.807) is 0 Å². The number of halogens is 2. The first-order valence-electron chi connectivity index (χ1n) is 7.65. The Kier molecular flexibility index (Phi) is 4.31. The predicted octanol–water partition coefficient (Wildman–Crippen LogP) is 1.21. The molecule has 1 aromatic carbocycles. The number of benzene rings is 1. The molecule has 2 atom stereocenters. The molecule has 0 spiro atoms. The van der Waals surface area contributed by atoms with Gasteiger partial charge in [0.2, 0.25) is 5.91 Å². The van der Waals surface area contributed by atoms with Gasteiger partial charge < -0.3 is 10.0 Å². The lowest BCUT2D eigenvalue weighted by Gasteiger charge is -2.27. The molecule has 2 heterocycles. The summed E-state index contributed by atoms with van der Waals surface area (Å²) in [5, 5.41) is 15.0. The number of carbonyl (C=O) groups is 2. The highest BCUT2D eigenvalue weighted by Crippen LogP contribution is 2.33. The zero-order valence-electron chi connectivity index (χ0n) is 13.1. The summed E-state index contributed by atoms with van der Waals surface area (Å²) in [6.45, 7) is 0.0825. The third-order valence-electron chi connectivity index (χ3n) is 4.32. The highest BCUT2D eigenvalue weighted by atomic mass is 19.2. The van der Waals surface area contributed by atoms with Crippen molar-refractivity contribution in [3.8, 4) is 0 Å². The predicted molar refractivity (Wildman–Crippen MR) is 80.9 cm³/mol. The van der Waals surface area contributed by atoms with Crippen molar-refractivity contribution < 1.29 is 23.5 Å². The standard InChI is InChI=1S/C16H17F2N3O3/c1-20-15(23)5-4-13(19-20)16(24)21-8-10(22)7-14(21)9-2-3-11(17)12(18)6-9/h2-3,6,10,14,22H,4-5,7-8H2,1H3/t10-,14+/m0/s1. The maximum Gasteiger partial charge on any atom is 0.270 e. The third kappa shape index (κ3) is 3.01. The van der Waals surface area contributed by atoms with Crippen molar-refractivity contribution >= 4 is 17.5 Å². The van der Waals surface area contributed by atoms with E-state index in [1.807, 2.05) is 0 Å². The summed E-state index contributed by atoms with van der Waals surface area (Å²) in [5.41, 5.74) is 0.637. The molecule has 2 amide bonds. The molecular formula is C16H17F2N3O3. The van der Waals surface area contributed by atoms with E-state index in [1.165, 1.54) is 18.0 Å². The monoisotopic (exact) mass is 337 g/mol. The van der Waals surface area contributed by atoms with Gasteiger partial charge in [-0.25, -0.2) is 13.8 Å². The van der Waals surface area contributed by atoms with Gasteiger partial charge in [-0.3, -0.25) is 9.59 Å². The molecule has 0 unspecified atom stereocenters. The number of carbonyl (C=O) groups excluding carboxylic acids is 2. The van der Waals surface area contributed by atoms with Crippen molar-refractivity contribution in [2.24, 2.45) is 5.10 Å². The number of nitrogens with zero attached hydrogens (tertiary/aromatic N) is 3. The number of likely N-dealkylation sites (tertiary alicyclic amines) is 1. The number of aliphatic hydroxyl groups excluding tert-OH is 1. The van der Waals surface area contributed by atoms with Gasteiger partial charge in [0.05, 0.1) is 12.1 Å². The topological polar surface area (TPSA) is 73.2 Å². The van der Waals surface area contributed by atoms with Crippen molar-refractivity contribution in [3.63, 3.8) is 0 Å². The second-order valence-electron chi connectivity index (χ2n) is 6.00. The average molecular weight is 337 g/mol. The van der Waals surface area contributed by atoms with E-state index in [-0.39, 0.29) is 37.4 Å². The Balaban J connectivity index is 1.87. The number of hydrazone groups is 1. The maximum atomic E-state index is 13.5. The largest absolute Gasteiger partial charge is 0.391 e. The molecule has 1 fully saturated rings. The Morgan fingerprint density at radius 1 is 1.29 bits per heavy atom. The molecule has 1 saturated heterocycles. The van der Waals surface area contributed by atoms with Crippen LogP contribution in [0.3, 0.4) is 0 Å². The number of rotatable bonds is 2. The molecule has 1 N–H and O–H groups in total. The fourth-order valence-electron chi connectivity index (χ4n) is 3.06. The molecule has 2 aliphatic rings. The Bertz CT molecular complexity index is 723. The molecule has 0 radical (unpaired) electrons. The number of amides is 2. The second-order valence-corrected chi connectivity index (χ2v) is 6.00. The van der Waals surface area contributed by atoms with Gasteiger partial charge in [-0.2, -0.15) is 5.10 Å². The maximum absolute atomic E-state index is 13.5. The Hall–Kier alpha value is -2.35. The van der Waals surface area contributed by atoms with Gasteiger partial charge in [0.1, 0.15) is 5.71 Å². The molecular weight excluding hydrogens is 320 g/mol. The van der Waals surface area contributed by atoms with E-state index in [0.29, 0.717) is 5.56 Å². The zero-order chi connectivity index (χ0) is 17.4. The lowest BCUT2D eigenvalue weighted by molar-refractivity contribution is -0.130. The van der Waals surface area contributed by atoms with Crippen LogP contribution in [0.4, 0.5) is 8.78 Å². The van der Waals surface area contributed by atoms with Gasteiger partial charge >= 0.3 is 0 Å². The zero-order valence-corrected chi connectivity index (χ0v) is 13.1. The van der Waals surface area contributed by atoms with Crippen LogP contribution in [0.25, 0.3) is 0 Å². The molecule has 3 rings (SSSR count). The molecule has 0 saturated carbocycles. The van der Waals surface area contributed by atoms with E-state index in [0.717, 1.165) is 17.1 Å². The highest BCUT2D eigenvalue weighted by Gasteiger charge is 2.38. The quantitative estimate of drug-likeness (QED) is 0.881. The van der Waals surface area contributed by atoms with Crippen LogP contribution in [-0.2, 0) is 9.59 Å². The summed E-state index contributed by atoms with van der Waals surface area (Å²) in [5.74, 6) is -2.54. The molecule has 0 bridgehead atoms. The van der Waals surface area contributed by atoms with Gasteiger partial charge in [-0.15, -0.1) is 0 Å². The number of hydrogen-bond acceptors (Lipinski definition) is 4. The summed E-state index contributed by atoms with van der Waals surface area (Å²) < 4.78 is 26.6. The Morgan fingerprint density at radius 2 is 2.04 bits per heavy atom. The molecule has 128 valence electrons. The van der Waals surface area contributed by atoms with Gasteiger partial charge in [0.25, 0.3) is 5.91 Å². The van der Waals surface area contributed by atoms with Crippen LogP contribution >= 0.6 is 0 Å². The van der Waals surface area contributed by atoms with Crippen molar-refractivity contribution in [2.45, 2.75) is 31.4 Å². The Morgan fingerprint density at radius 3 is 2.71 bits per heavy atom. The van der Waals surface area contributed by atoms with Crippen molar-refractivity contribution in [3.05, 3.63) is 35.4 Å². The van der Waals surface area contributed by atoms with Gasteiger partial charge in [0.15, 0.2) is 11.6 Å². The van der Waals surface area contributed by atoms with Gasteiger partial charge in [-0.1, -0.05) is 6.07 Å². The summed E-state index contributed by atoms with van der Waals surface area (Å²) >= 11 is 0. The first-order valence-corrected chi connectivity index (χ1v) is 7.65. The van der Waals surface area contributed by atoms with Crippen LogP contribution in [-0.4, -0.2) is 52.2 Å². The van der Waals surface area contributed by atoms with Crippen LogP contribution in [0.5, 0.6) is 0 Å². The SMILES string of the molecule is CN1N=C(C(=O)N2C[C@@H](O)C[C@@H]2c2ccc(F)c(F)c2)CCC1=O. The smallest absolute Gasteiger partial charge is 0.270 e. The number of β-amino-alcohol motifs (C(OH)–C–C–N with tert-alkyl or cyclic N) is 1. The summed E-state index contributed by atoms with van der Waals surface area (Å²) in [6, 6.07) is 2.88. The van der Waals surface area contributed by atoms with E-state index < -0.39 is 29.7 Å². The van der Waals surface area contributed by atoms with Gasteiger partial charge in [-0.05, 0) is 24.1 Å². The van der Waals surface area contributed by atoms with E-state index in [2.05, 4.69) is 5.10 Å². The number of aliphatic hydroxyl groups is 1. The van der Waals surface area contributed by atoms with E-state index in [4.69, 9.17) is 0 Å². The van der Waals surface area contributed by atoms with Crippen molar-refractivity contribution in [1.82, 2.24) is 9.91 Å². The van der Waals surface area contributed by atoms with E-state index in [9.17, 15) is 23.5 Å². The van der Waals surface area contributed by atoms with Gasteiger partial charge in [0, 0.05) is 26.4 Å². The summed E-state index contributed by atoms with van der Waals surface area (Å²) in [7, 11) is 1.47. The molecule has 6 nitrogen and oxygen atoms in total. The lowest BCUT2D eigenvalue weighted by Crippen LogP contribution is -2.40. The first kappa shape index (κ1) is 16.5. The van der Waals surface area contributed by atoms with Crippen molar-refractivity contribution in [2.75, 3.05) is 13.6 Å². The minimum Gasteiger partial charge on any atom is -0.391 e. The van der Waals surface area contributed by atoms with Crippen LogP contribution in [0.1, 0.15) is 30.9 Å². The Labute approximate surface area is 137 Å². The van der Waals surface area contributed by atoms with Crippen LogP contribution in [0.15, 0.2) is 23.3 Å².